The smallest absolute Gasteiger partial charge is 0.274 e. The quantitative estimate of drug-likeness (QED) is 0.723. The van der Waals surface area contributed by atoms with E-state index in [1.807, 2.05) is 0 Å². The van der Waals surface area contributed by atoms with Crippen LogP contribution < -0.4 is 10.6 Å². The van der Waals surface area contributed by atoms with Gasteiger partial charge in [-0.05, 0) is 36.4 Å². The van der Waals surface area contributed by atoms with Crippen LogP contribution in [0.1, 0.15) is 10.5 Å². The van der Waals surface area contributed by atoms with Crippen molar-refractivity contribution < 1.29 is 13.6 Å². The second-order valence-electron chi connectivity index (χ2n) is 5.00. The Hall–Kier alpha value is -3.06. The molecule has 0 fully saturated rings. The highest BCUT2D eigenvalue weighted by Crippen LogP contribution is 2.18. The van der Waals surface area contributed by atoms with Gasteiger partial charge in [0.1, 0.15) is 17.8 Å². The van der Waals surface area contributed by atoms with Gasteiger partial charge in [-0.25, -0.2) is 18.7 Å². The fraction of sp³-hybridized carbons (Fsp3) is 0. The first-order chi connectivity index (χ1) is 12.0. The Kier molecular flexibility index (Phi) is 4.85. The molecule has 0 radical (unpaired) electrons. The number of hydrogen-bond acceptors (Lipinski definition) is 4. The molecule has 1 amide bonds. The Bertz CT molecular complexity index is 919. The van der Waals surface area contributed by atoms with Crippen molar-refractivity contribution in [3.05, 3.63) is 77.2 Å². The van der Waals surface area contributed by atoms with E-state index in [-0.39, 0.29) is 11.5 Å². The van der Waals surface area contributed by atoms with Crippen LogP contribution in [0.25, 0.3) is 0 Å². The van der Waals surface area contributed by atoms with E-state index in [9.17, 15) is 13.6 Å². The number of amides is 1. The van der Waals surface area contributed by atoms with Crippen molar-refractivity contribution in [1.82, 2.24) is 9.97 Å². The van der Waals surface area contributed by atoms with Gasteiger partial charge < -0.3 is 10.6 Å². The van der Waals surface area contributed by atoms with Crippen LogP contribution in [0.5, 0.6) is 0 Å². The van der Waals surface area contributed by atoms with Gasteiger partial charge in [-0.15, -0.1) is 0 Å². The lowest BCUT2D eigenvalue weighted by atomic mass is 10.3. The molecule has 0 atom stereocenters. The van der Waals surface area contributed by atoms with E-state index in [1.165, 1.54) is 18.5 Å². The maximum Gasteiger partial charge on any atom is 0.274 e. The van der Waals surface area contributed by atoms with E-state index >= 15 is 0 Å². The van der Waals surface area contributed by atoms with E-state index in [4.69, 9.17) is 11.6 Å². The normalized spacial score (nSPS) is 10.4. The molecule has 1 heterocycles. The Labute approximate surface area is 146 Å². The lowest BCUT2D eigenvalue weighted by Crippen LogP contribution is -2.14. The second-order valence-corrected chi connectivity index (χ2v) is 5.44. The molecule has 126 valence electrons. The van der Waals surface area contributed by atoms with Crippen molar-refractivity contribution >= 4 is 34.7 Å². The van der Waals surface area contributed by atoms with Gasteiger partial charge in [-0.1, -0.05) is 11.6 Å². The molecule has 1 aromatic heterocycles. The number of anilines is 3. The standard InChI is InChI=1S/C17H11ClF2N4O/c18-10-1-3-11(4-2-10)24-17(25)15-8-16(22-9-21-15)23-12-5-6-13(19)14(20)7-12/h1-9H,(H,24,25)(H,21,22,23). The zero-order valence-electron chi connectivity index (χ0n) is 12.6. The van der Waals surface area contributed by atoms with E-state index in [0.717, 1.165) is 12.1 Å². The molecular formula is C17H11ClF2N4O. The Balaban J connectivity index is 1.75. The first-order valence-corrected chi connectivity index (χ1v) is 7.50. The van der Waals surface area contributed by atoms with Gasteiger partial charge in [0.05, 0.1) is 0 Å². The van der Waals surface area contributed by atoms with Gasteiger partial charge in [0.15, 0.2) is 11.6 Å². The molecule has 0 saturated heterocycles. The molecular weight excluding hydrogens is 350 g/mol. The Morgan fingerprint density at radius 2 is 1.64 bits per heavy atom. The van der Waals surface area contributed by atoms with E-state index < -0.39 is 17.5 Å². The van der Waals surface area contributed by atoms with Crippen LogP contribution in [0, 0.1) is 11.6 Å². The number of nitrogens with one attached hydrogen (secondary N) is 2. The van der Waals surface area contributed by atoms with Crippen LogP contribution >= 0.6 is 11.6 Å². The van der Waals surface area contributed by atoms with Gasteiger partial charge in [-0.3, -0.25) is 4.79 Å². The van der Waals surface area contributed by atoms with Crippen molar-refractivity contribution in [3.8, 4) is 0 Å². The van der Waals surface area contributed by atoms with Crippen molar-refractivity contribution in [2.45, 2.75) is 0 Å². The molecule has 3 aromatic rings. The minimum Gasteiger partial charge on any atom is -0.340 e. The molecule has 2 aromatic carbocycles. The number of carbonyl (C=O) groups excluding carboxylic acids is 1. The molecule has 8 heteroatoms. The molecule has 2 N–H and O–H groups in total. The fourth-order valence-electron chi connectivity index (χ4n) is 2.00. The minimum atomic E-state index is -0.986. The Morgan fingerprint density at radius 1 is 0.920 bits per heavy atom. The van der Waals surface area contributed by atoms with Crippen LogP contribution in [0.15, 0.2) is 54.9 Å². The van der Waals surface area contributed by atoms with Crippen LogP contribution in [0.2, 0.25) is 5.02 Å². The lowest BCUT2D eigenvalue weighted by Gasteiger charge is -2.08. The summed E-state index contributed by atoms with van der Waals surface area (Å²) in [6.07, 6.45) is 1.19. The van der Waals surface area contributed by atoms with Gasteiger partial charge in [0.2, 0.25) is 0 Å². The molecule has 0 spiro atoms. The van der Waals surface area contributed by atoms with Crippen LogP contribution in [-0.4, -0.2) is 15.9 Å². The van der Waals surface area contributed by atoms with Crippen LogP contribution in [0.3, 0.4) is 0 Å². The highest BCUT2D eigenvalue weighted by atomic mass is 35.5. The van der Waals surface area contributed by atoms with Crippen molar-refractivity contribution in [2.24, 2.45) is 0 Å². The van der Waals surface area contributed by atoms with Crippen molar-refractivity contribution in [1.29, 1.82) is 0 Å². The number of carbonyl (C=O) groups is 1. The zero-order chi connectivity index (χ0) is 17.8. The summed E-state index contributed by atoms with van der Waals surface area (Å²) in [5, 5.41) is 6.00. The summed E-state index contributed by atoms with van der Waals surface area (Å²) in [7, 11) is 0. The molecule has 0 bridgehead atoms. The number of nitrogens with zero attached hydrogens (tertiary/aromatic N) is 2. The van der Waals surface area contributed by atoms with Gasteiger partial charge in [-0.2, -0.15) is 0 Å². The number of hydrogen-bond donors (Lipinski definition) is 2. The predicted octanol–water partition coefficient (Wildman–Crippen LogP) is 4.40. The SMILES string of the molecule is O=C(Nc1ccc(Cl)cc1)c1cc(Nc2ccc(F)c(F)c2)ncn1. The predicted molar refractivity (Wildman–Crippen MR) is 91.1 cm³/mol. The molecule has 0 unspecified atom stereocenters. The van der Waals surface area contributed by atoms with E-state index in [2.05, 4.69) is 20.6 Å². The van der Waals surface area contributed by atoms with Crippen molar-refractivity contribution in [2.75, 3.05) is 10.6 Å². The van der Waals surface area contributed by atoms with Gasteiger partial charge in [0.25, 0.3) is 5.91 Å². The summed E-state index contributed by atoms with van der Waals surface area (Å²) in [4.78, 5) is 20.1. The summed E-state index contributed by atoms with van der Waals surface area (Å²) >= 11 is 5.79. The van der Waals surface area contributed by atoms with Crippen molar-refractivity contribution in [3.63, 3.8) is 0 Å². The van der Waals surface area contributed by atoms with Gasteiger partial charge in [0, 0.05) is 28.5 Å². The monoisotopic (exact) mass is 360 g/mol. The number of benzene rings is 2. The zero-order valence-corrected chi connectivity index (χ0v) is 13.4. The average Bonchev–Trinajstić information content (AvgIpc) is 2.60. The summed E-state index contributed by atoms with van der Waals surface area (Å²) < 4.78 is 26.2. The first kappa shape index (κ1) is 16.8. The number of rotatable bonds is 4. The fourth-order valence-corrected chi connectivity index (χ4v) is 2.13. The number of halogens is 3. The number of aromatic nitrogens is 2. The molecule has 0 aliphatic rings. The van der Waals surface area contributed by atoms with E-state index in [0.29, 0.717) is 16.4 Å². The Morgan fingerprint density at radius 3 is 2.36 bits per heavy atom. The van der Waals surface area contributed by atoms with E-state index in [1.54, 1.807) is 24.3 Å². The third-order valence-electron chi connectivity index (χ3n) is 3.19. The third kappa shape index (κ3) is 4.27. The molecule has 0 aliphatic carbocycles. The molecule has 0 saturated carbocycles. The maximum atomic E-state index is 13.2. The topological polar surface area (TPSA) is 66.9 Å². The summed E-state index contributed by atoms with van der Waals surface area (Å²) in [6.45, 7) is 0. The maximum absolute atomic E-state index is 13.2. The molecule has 3 rings (SSSR count). The second kappa shape index (κ2) is 7.23. The molecule has 0 aliphatic heterocycles. The third-order valence-corrected chi connectivity index (χ3v) is 3.45. The van der Waals surface area contributed by atoms with Gasteiger partial charge >= 0.3 is 0 Å². The lowest BCUT2D eigenvalue weighted by molar-refractivity contribution is 0.102. The summed E-state index contributed by atoms with van der Waals surface area (Å²) in [5.74, 6) is -2.11. The molecule has 5 nitrogen and oxygen atoms in total. The highest BCUT2D eigenvalue weighted by molar-refractivity contribution is 6.30. The minimum absolute atomic E-state index is 0.107. The largest absolute Gasteiger partial charge is 0.340 e. The van der Waals surface area contributed by atoms with Crippen LogP contribution in [0.4, 0.5) is 26.0 Å². The first-order valence-electron chi connectivity index (χ1n) is 7.12. The summed E-state index contributed by atoms with van der Waals surface area (Å²) in [5.41, 5.74) is 0.958. The average molecular weight is 361 g/mol. The molecule has 25 heavy (non-hydrogen) atoms. The highest BCUT2D eigenvalue weighted by Gasteiger charge is 2.10. The van der Waals surface area contributed by atoms with Crippen LogP contribution in [-0.2, 0) is 0 Å². The summed E-state index contributed by atoms with van der Waals surface area (Å²) in [6, 6.07) is 11.3.